The summed E-state index contributed by atoms with van der Waals surface area (Å²) in [5.74, 6) is -1.60. The van der Waals surface area contributed by atoms with Gasteiger partial charge in [-0.3, -0.25) is 4.79 Å². The summed E-state index contributed by atoms with van der Waals surface area (Å²) in [5, 5.41) is 9.08. The smallest absolute Gasteiger partial charge is 0.396 e. The van der Waals surface area contributed by atoms with E-state index >= 15 is 0 Å². The number of likely N-dealkylation sites (tertiary alicyclic amines) is 1. The molecule has 1 aliphatic heterocycles. The van der Waals surface area contributed by atoms with E-state index in [9.17, 15) is 18.0 Å². The fourth-order valence-electron chi connectivity index (χ4n) is 4.97. The molecule has 138 valence electrons. The second-order valence-corrected chi connectivity index (χ2v) is 7.28. The van der Waals surface area contributed by atoms with Crippen LogP contribution in [0.2, 0.25) is 0 Å². The van der Waals surface area contributed by atoms with Crippen molar-refractivity contribution in [2.24, 2.45) is 11.8 Å². The van der Waals surface area contributed by atoms with Crippen LogP contribution in [0.25, 0.3) is 0 Å². The quantitative estimate of drug-likeness (QED) is 0.762. The number of allylic oxidation sites excluding steroid dienone is 1. The summed E-state index contributed by atoms with van der Waals surface area (Å²) >= 11 is 0. The van der Waals surface area contributed by atoms with Crippen molar-refractivity contribution < 1.29 is 23.1 Å². The molecule has 4 atom stereocenters. The molecule has 0 bridgehead atoms. The molecule has 1 aliphatic carbocycles. The molecule has 0 unspecified atom stereocenters. The van der Waals surface area contributed by atoms with E-state index in [0.717, 1.165) is 19.3 Å². The number of hydrogen-bond acceptors (Lipinski definition) is 2. The summed E-state index contributed by atoms with van der Waals surface area (Å²) in [6.45, 7) is 5.73. The van der Waals surface area contributed by atoms with Crippen LogP contribution < -0.4 is 0 Å². The van der Waals surface area contributed by atoms with Gasteiger partial charge in [-0.25, -0.2) is 0 Å². The average molecular weight is 347 g/mol. The van der Waals surface area contributed by atoms with Gasteiger partial charge in [0.1, 0.15) is 0 Å². The fourth-order valence-corrected chi connectivity index (χ4v) is 4.97. The lowest BCUT2D eigenvalue weighted by Gasteiger charge is -2.54. The van der Waals surface area contributed by atoms with Crippen molar-refractivity contribution >= 4 is 5.91 Å². The number of halogens is 3. The molecular formula is C18H28F3NO2. The zero-order valence-electron chi connectivity index (χ0n) is 14.3. The van der Waals surface area contributed by atoms with E-state index in [1.54, 1.807) is 6.08 Å². The molecule has 3 nitrogen and oxygen atoms in total. The number of alkyl halides is 3. The number of piperidine rings is 1. The van der Waals surface area contributed by atoms with E-state index in [0.29, 0.717) is 32.1 Å². The maximum atomic E-state index is 13.3. The SMILES string of the molecule is C=C[C@H](C)[C@H]1CCC[C@]12CCC[C@H](CCCO)N2C(=O)C(F)(F)F. The summed E-state index contributed by atoms with van der Waals surface area (Å²) in [6.07, 6.45) is 2.15. The van der Waals surface area contributed by atoms with E-state index in [4.69, 9.17) is 5.11 Å². The first-order chi connectivity index (χ1) is 11.3. The Morgan fingerprint density at radius 2 is 2.00 bits per heavy atom. The summed E-state index contributed by atoms with van der Waals surface area (Å²) in [5.41, 5.74) is -0.710. The van der Waals surface area contributed by atoms with Crippen LogP contribution in [0.4, 0.5) is 13.2 Å². The van der Waals surface area contributed by atoms with Gasteiger partial charge in [-0.05, 0) is 56.8 Å². The normalized spacial score (nSPS) is 32.1. The van der Waals surface area contributed by atoms with Gasteiger partial charge >= 0.3 is 12.1 Å². The summed E-state index contributed by atoms with van der Waals surface area (Å²) in [6, 6.07) is -0.433. The first kappa shape index (κ1) is 19.3. The molecule has 0 radical (unpaired) electrons. The minimum atomic E-state index is -4.85. The molecule has 2 fully saturated rings. The summed E-state index contributed by atoms with van der Waals surface area (Å²) in [4.78, 5) is 13.5. The molecule has 0 aromatic heterocycles. The standard InChI is InChI=1S/C18H28F3NO2/c1-3-13(2)15-9-5-11-17(15)10-4-7-14(8-6-12-23)22(17)16(24)18(19,20)21/h3,13-15,23H,1,4-12H2,2H3/t13-,14+,15+,17+/m0/s1. The van der Waals surface area contributed by atoms with Crippen LogP contribution in [-0.2, 0) is 4.79 Å². The van der Waals surface area contributed by atoms with Gasteiger partial charge in [-0.1, -0.05) is 19.4 Å². The van der Waals surface area contributed by atoms with E-state index in [2.05, 4.69) is 6.58 Å². The van der Waals surface area contributed by atoms with Gasteiger partial charge in [0.25, 0.3) is 0 Å². The van der Waals surface area contributed by atoms with Crippen molar-refractivity contribution in [1.29, 1.82) is 0 Å². The maximum absolute atomic E-state index is 13.3. The molecule has 2 rings (SSSR count). The highest BCUT2D eigenvalue weighted by Crippen LogP contribution is 2.52. The fraction of sp³-hybridized carbons (Fsp3) is 0.833. The van der Waals surface area contributed by atoms with E-state index < -0.39 is 23.7 Å². The van der Waals surface area contributed by atoms with Crippen molar-refractivity contribution in [1.82, 2.24) is 4.90 Å². The second kappa shape index (κ2) is 7.46. The maximum Gasteiger partial charge on any atom is 0.471 e. The first-order valence-electron chi connectivity index (χ1n) is 8.92. The van der Waals surface area contributed by atoms with Crippen LogP contribution in [0.15, 0.2) is 12.7 Å². The minimum absolute atomic E-state index is 0.0261. The van der Waals surface area contributed by atoms with Crippen molar-refractivity contribution in [2.75, 3.05) is 6.61 Å². The molecule has 1 saturated heterocycles. The van der Waals surface area contributed by atoms with E-state index in [1.807, 2.05) is 6.92 Å². The van der Waals surface area contributed by atoms with Crippen LogP contribution in [0.1, 0.15) is 58.3 Å². The number of carbonyl (C=O) groups is 1. The molecule has 1 spiro atoms. The summed E-state index contributed by atoms with van der Waals surface area (Å²) < 4.78 is 39.9. The van der Waals surface area contributed by atoms with Crippen molar-refractivity contribution in [3.63, 3.8) is 0 Å². The number of amides is 1. The Morgan fingerprint density at radius 3 is 2.54 bits per heavy atom. The Kier molecular flexibility index (Phi) is 6.00. The van der Waals surface area contributed by atoms with Crippen LogP contribution in [0, 0.1) is 11.8 Å². The van der Waals surface area contributed by atoms with Gasteiger partial charge in [0.15, 0.2) is 0 Å². The molecular weight excluding hydrogens is 319 g/mol. The topological polar surface area (TPSA) is 40.5 Å². The molecule has 1 heterocycles. The molecule has 24 heavy (non-hydrogen) atoms. The predicted molar refractivity (Wildman–Crippen MR) is 86.3 cm³/mol. The van der Waals surface area contributed by atoms with Gasteiger partial charge in [-0.15, -0.1) is 6.58 Å². The number of aliphatic hydroxyl groups is 1. The third kappa shape index (κ3) is 3.48. The highest BCUT2D eigenvalue weighted by molar-refractivity contribution is 5.83. The number of carbonyl (C=O) groups excluding carboxylic acids is 1. The summed E-state index contributed by atoms with van der Waals surface area (Å²) in [7, 11) is 0. The van der Waals surface area contributed by atoms with E-state index in [1.165, 1.54) is 4.90 Å². The van der Waals surface area contributed by atoms with Gasteiger partial charge in [0, 0.05) is 18.2 Å². The zero-order chi connectivity index (χ0) is 18.0. The lowest BCUT2D eigenvalue weighted by molar-refractivity contribution is -0.201. The highest BCUT2D eigenvalue weighted by Gasteiger charge is 2.58. The lowest BCUT2D eigenvalue weighted by atomic mass is 9.70. The minimum Gasteiger partial charge on any atom is -0.396 e. The van der Waals surface area contributed by atoms with Gasteiger partial charge in [0.05, 0.1) is 0 Å². The predicted octanol–water partition coefficient (Wildman–Crippen LogP) is 4.06. The van der Waals surface area contributed by atoms with Crippen molar-refractivity contribution in [3.05, 3.63) is 12.7 Å². The Hall–Kier alpha value is -1.04. The van der Waals surface area contributed by atoms with Gasteiger partial charge in [-0.2, -0.15) is 13.2 Å². The van der Waals surface area contributed by atoms with Crippen LogP contribution >= 0.6 is 0 Å². The lowest BCUT2D eigenvalue weighted by Crippen LogP contribution is -2.64. The molecule has 0 aromatic rings. The molecule has 1 amide bonds. The number of aliphatic hydroxyl groups excluding tert-OH is 1. The highest BCUT2D eigenvalue weighted by atomic mass is 19.4. The number of nitrogens with zero attached hydrogens (tertiary/aromatic N) is 1. The van der Waals surface area contributed by atoms with Crippen LogP contribution in [0.5, 0.6) is 0 Å². The molecule has 6 heteroatoms. The molecule has 1 saturated carbocycles. The van der Waals surface area contributed by atoms with Crippen molar-refractivity contribution in [3.8, 4) is 0 Å². The Bertz CT molecular complexity index is 466. The van der Waals surface area contributed by atoms with Crippen molar-refractivity contribution in [2.45, 2.75) is 76.0 Å². The third-order valence-electron chi connectivity index (χ3n) is 5.97. The largest absolute Gasteiger partial charge is 0.471 e. The van der Waals surface area contributed by atoms with Gasteiger partial charge < -0.3 is 10.0 Å². The zero-order valence-corrected chi connectivity index (χ0v) is 14.3. The Labute approximate surface area is 141 Å². The third-order valence-corrected chi connectivity index (χ3v) is 5.97. The van der Waals surface area contributed by atoms with E-state index in [-0.39, 0.29) is 18.4 Å². The second-order valence-electron chi connectivity index (χ2n) is 7.28. The van der Waals surface area contributed by atoms with Crippen LogP contribution in [-0.4, -0.2) is 40.3 Å². The number of hydrogen-bond donors (Lipinski definition) is 1. The Morgan fingerprint density at radius 1 is 1.38 bits per heavy atom. The van der Waals surface area contributed by atoms with Gasteiger partial charge in [0.2, 0.25) is 0 Å². The monoisotopic (exact) mass is 347 g/mol. The number of rotatable bonds is 5. The Balaban J connectivity index is 2.42. The average Bonchev–Trinajstić information content (AvgIpc) is 2.94. The molecule has 1 N–H and O–H groups in total. The van der Waals surface area contributed by atoms with Crippen LogP contribution in [0.3, 0.4) is 0 Å². The molecule has 0 aromatic carbocycles. The molecule has 2 aliphatic rings. The first-order valence-corrected chi connectivity index (χ1v) is 8.92.